The highest BCUT2D eigenvalue weighted by atomic mass is 32.1. The van der Waals surface area contributed by atoms with Gasteiger partial charge in [0.05, 0.1) is 17.0 Å². The number of benzene rings is 1. The molecule has 0 saturated heterocycles. The first-order valence-corrected chi connectivity index (χ1v) is 7.16. The Morgan fingerprint density at radius 2 is 2.05 bits per heavy atom. The molecule has 1 aromatic carbocycles. The molecule has 1 aliphatic rings. The maximum atomic E-state index is 12.0. The van der Waals surface area contributed by atoms with Crippen molar-refractivity contribution in [3.05, 3.63) is 29.8 Å². The van der Waals surface area contributed by atoms with E-state index in [9.17, 15) is 4.79 Å². The molecule has 0 aliphatic heterocycles. The van der Waals surface area contributed by atoms with Crippen LogP contribution >= 0.6 is 12.2 Å². The molecule has 0 aromatic heterocycles. The van der Waals surface area contributed by atoms with Crippen molar-refractivity contribution in [2.45, 2.75) is 37.7 Å². The third-order valence-electron chi connectivity index (χ3n) is 3.80. The van der Waals surface area contributed by atoms with Crippen LogP contribution in [0.3, 0.4) is 0 Å². The molecule has 4 nitrogen and oxygen atoms in total. The van der Waals surface area contributed by atoms with Gasteiger partial charge in [0.25, 0.3) is 0 Å². The zero-order chi connectivity index (χ0) is 14.6. The maximum Gasteiger partial charge on any atom is 0.227 e. The molecule has 0 unspecified atom stereocenters. The summed E-state index contributed by atoms with van der Waals surface area (Å²) in [6.45, 7) is 0. The molecule has 2 rings (SSSR count). The van der Waals surface area contributed by atoms with Crippen LogP contribution in [0, 0.1) is 0 Å². The molecule has 1 amide bonds. The Hall–Kier alpha value is -1.46. The van der Waals surface area contributed by atoms with Crippen molar-refractivity contribution < 1.29 is 9.53 Å². The standard InChI is InChI=1S/C15H20N2O2S/c1-19-15(7-2-8-15)10-14(18)17-12-5-3-11(4-6-12)9-13(16)20/h3-6H,2,7-10H2,1H3,(H2,16,20)(H,17,18). The van der Waals surface area contributed by atoms with Crippen LogP contribution in [0.5, 0.6) is 0 Å². The molecular formula is C15H20N2O2S. The molecular weight excluding hydrogens is 272 g/mol. The number of anilines is 1. The van der Waals surface area contributed by atoms with Crippen molar-refractivity contribution in [1.82, 2.24) is 0 Å². The summed E-state index contributed by atoms with van der Waals surface area (Å²) in [4.78, 5) is 12.5. The Labute approximate surface area is 124 Å². The molecule has 108 valence electrons. The van der Waals surface area contributed by atoms with E-state index in [0.717, 1.165) is 30.5 Å². The average Bonchev–Trinajstić information content (AvgIpc) is 2.36. The lowest BCUT2D eigenvalue weighted by Gasteiger charge is -2.39. The number of thiocarbonyl (C=S) groups is 1. The largest absolute Gasteiger partial charge is 0.393 e. The first-order valence-electron chi connectivity index (χ1n) is 6.75. The minimum absolute atomic E-state index is 0.00588. The molecule has 0 spiro atoms. The van der Waals surface area contributed by atoms with Crippen molar-refractivity contribution in [3.8, 4) is 0 Å². The second kappa shape index (κ2) is 6.33. The molecule has 0 heterocycles. The molecule has 0 bridgehead atoms. The van der Waals surface area contributed by atoms with Crippen molar-refractivity contribution in [1.29, 1.82) is 0 Å². The summed E-state index contributed by atoms with van der Waals surface area (Å²) in [6, 6.07) is 7.58. The summed E-state index contributed by atoms with van der Waals surface area (Å²) in [5, 5.41) is 2.90. The summed E-state index contributed by atoms with van der Waals surface area (Å²) >= 11 is 4.87. The Morgan fingerprint density at radius 3 is 2.50 bits per heavy atom. The van der Waals surface area contributed by atoms with Gasteiger partial charge in [0.2, 0.25) is 5.91 Å². The third kappa shape index (κ3) is 3.77. The lowest BCUT2D eigenvalue weighted by atomic mass is 9.77. The van der Waals surface area contributed by atoms with E-state index < -0.39 is 0 Å². The number of nitrogens with one attached hydrogen (secondary N) is 1. The number of hydrogen-bond acceptors (Lipinski definition) is 3. The van der Waals surface area contributed by atoms with E-state index in [4.69, 9.17) is 22.7 Å². The van der Waals surface area contributed by atoms with Crippen LogP contribution < -0.4 is 11.1 Å². The monoisotopic (exact) mass is 292 g/mol. The van der Waals surface area contributed by atoms with Crippen molar-refractivity contribution in [2.24, 2.45) is 5.73 Å². The zero-order valence-electron chi connectivity index (χ0n) is 11.6. The van der Waals surface area contributed by atoms with E-state index in [1.165, 1.54) is 0 Å². The average molecular weight is 292 g/mol. The van der Waals surface area contributed by atoms with E-state index in [-0.39, 0.29) is 11.5 Å². The Bertz CT molecular complexity index is 490. The number of nitrogens with two attached hydrogens (primary N) is 1. The van der Waals surface area contributed by atoms with Crippen LogP contribution in [0.15, 0.2) is 24.3 Å². The number of ether oxygens (including phenoxy) is 1. The number of hydrogen-bond donors (Lipinski definition) is 2. The summed E-state index contributed by atoms with van der Waals surface area (Å²) in [6.07, 6.45) is 4.05. The SMILES string of the molecule is COC1(CC(=O)Nc2ccc(CC(N)=S)cc2)CCC1. The number of rotatable bonds is 6. The van der Waals surface area contributed by atoms with Gasteiger partial charge in [0.15, 0.2) is 0 Å². The highest BCUT2D eigenvalue weighted by Gasteiger charge is 2.38. The van der Waals surface area contributed by atoms with Gasteiger partial charge in [-0.2, -0.15) is 0 Å². The van der Waals surface area contributed by atoms with Crippen molar-refractivity contribution in [3.63, 3.8) is 0 Å². The fourth-order valence-electron chi connectivity index (χ4n) is 2.43. The Kier molecular flexibility index (Phi) is 4.73. The van der Waals surface area contributed by atoms with E-state index in [1.807, 2.05) is 24.3 Å². The second-order valence-corrected chi connectivity index (χ2v) is 5.83. The minimum atomic E-state index is -0.240. The van der Waals surface area contributed by atoms with E-state index in [0.29, 0.717) is 17.8 Å². The quantitative estimate of drug-likeness (QED) is 0.790. The van der Waals surface area contributed by atoms with Crippen molar-refractivity contribution in [2.75, 3.05) is 12.4 Å². The highest BCUT2D eigenvalue weighted by Crippen LogP contribution is 2.38. The van der Waals surface area contributed by atoms with Crippen LogP contribution in [0.2, 0.25) is 0 Å². The van der Waals surface area contributed by atoms with Gasteiger partial charge in [-0.15, -0.1) is 0 Å². The molecule has 3 N–H and O–H groups in total. The number of amides is 1. The molecule has 1 saturated carbocycles. The van der Waals surface area contributed by atoms with Gasteiger partial charge in [-0.3, -0.25) is 4.79 Å². The first kappa shape index (κ1) is 14.9. The van der Waals surface area contributed by atoms with Gasteiger partial charge in [0.1, 0.15) is 0 Å². The predicted molar refractivity (Wildman–Crippen MR) is 83.8 cm³/mol. The molecule has 1 aliphatic carbocycles. The van der Waals surface area contributed by atoms with Gasteiger partial charge in [0, 0.05) is 19.2 Å². The first-order chi connectivity index (χ1) is 9.53. The van der Waals surface area contributed by atoms with Gasteiger partial charge < -0.3 is 15.8 Å². The van der Waals surface area contributed by atoms with E-state index in [1.54, 1.807) is 7.11 Å². The third-order valence-corrected chi connectivity index (χ3v) is 3.94. The lowest BCUT2D eigenvalue weighted by molar-refractivity contribution is -0.129. The predicted octanol–water partition coefficient (Wildman–Crippen LogP) is 2.41. The summed E-state index contributed by atoms with van der Waals surface area (Å²) < 4.78 is 5.46. The summed E-state index contributed by atoms with van der Waals surface area (Å²) in [5.41, 5.74) is 7.09. The van der Waals surface area contributed by atoms with Crippen molar-refractivity contribution >= 4 is 28.8 Å². The molecule has 1 aromatic rings. The number of carbonyl (C=O) groups is 1. The van der Waals surface area contributed by atoms with Crippen LogP contribution in [0.25, 0.3) is 0 Å². The topological polar surface area (TPSA) is 64.3 Å². The molecule has 1 fully saturated rings. The zero-order valence-corrected chi connectivity index (χ0v) is 12.5. The summed E-state index contributed by atoms with van der Waals surface area (Å²) in [5.74, 6) is -0.00588. The smallest absolute Gasteiger partial charge is 0.227 e. The Morgan fingerprint density at radius 1 is 1.40 bits per heavy atom. The molecule has 0 radical (unpaired) electrons. The molecule has 20 heavy (non-hydrogen) atoms. The molecule has 0 atom stereocenters. The van der Waals surface area contributed by atoms with E-state index >= 15 is 0 Å². The van der Waals surface area contributed by atoms with Gasteiger partial charge in [-0.1, -0.05) is 24.4 Å². The highest BCUT2D eigenvalue weighted by molar-refractivity contribution is 7.80. The Balaban J connectivity index is 1.89. The number of carbonyl (C=O) groups excluding carboxylic acids is 1. The van der Waals surface area contributed by atoms with E-state index in [2.05, 4.69) is 5.32 Å². The van der Waals surface area contributed by atoms with Gasteiger partial charge >= 0.3 is 0 Å². The van der Waals surface area contributed by atoms with Crippen LogP contribution in [-0.4, -0.2) is 23.6 Å². The van der Waals surface area contributed by atoms with Crippen LogP contribution in [0.4, 0.5) is 5.69 Å². The fourth-order valence-corrected chi connectivity index (χ4v) is 2.60. The maximum absolute atomic E-state index is 12.0. The fraction of sp³-hybridized carbons (Fsp3) is 0.467. The molecule has 5 heteroatoms. The normalized spacial score (nSPS) is 16.2. The van der Waals surface area contributed by atoms with Crippen LogP contribution in [-0.2, 0) is 16.0 Å². The lowest BCUT2D eigenvalue weighted by Crippen LogP contribution is -2.42. The minimum Gasteiger partial charge on any atom is -0.393 e. The second-order valence-electron chi connectivity index (χ2n) is 5.31. The number of methoxy groups -OCH3 is 1. The van der Waals surface area contributed by atoms with Crippen LogP contribution in [0.1, 0.15) is 31.2 Å². The summed E-state index contributed by atoms with van der Waals surface area (Å²) in [7, 11) is 1.68. The van der Waals surface area contributed by atoms with Gasteiger partial charge in [-0.25, -0.2) is 0 Å². The van der Waals surface area contributed by atoms with Gasteiger partial charge in [-0.05, 0) is 37.0 Å².